The number of hydrogen-bond donors (Lipinski definition) is 3. The number of nitrogens with zero attached hydrogens (tertiary/aromatic N) is 1. The van der Waals surface area contributed by atoms with Crippen LogP contribution in [0, 0.1) is 6.92 Å². The van der Waals surface area contributed by atoms with Crippen LogP contribution in [0.3, 0.4) is 0 Å². The van der Waals surface area contributed by atoms with Crippen molar-refractivity contribution in [2.45, 2.75) is 19.9 Å². The van der Waals surface area contributed by atoms with E-state index in [2.05, 4.69) is 20.6 Å². The van der Waals surface area contributed by atoms with Gasteiger partial charge in [-0.1, -0.05) is 48.0 Å². The molecule has 158 valence electrons. The highest BCUT2D eigenvalue weighted by Crippen LogP contribution is 2.18. The molecule has 0 saturated heterocycles. The molecule has 3 N–H and O–H groups in total. The first kappa shape index (κ1) is 20.6. The number of aryl methyl sites for hydroxylation is 1. The Kier molecular flexibility index (Phi) is 6.59. The van der Waals surface area contributed by atoms with E-state index in [1.54, 1.807) is 0 Å². The lowest BCUT2D eigenvalue weighted by atomic mass is 10.2. The van der Waals surface area contributed by atoms with Crippen molar-refractivity contribution in [3.05, 3.63) is 89.7 Å². The molecule has 3 aromatic carbocycles. The van der Waals surface area contributed by atoms with Gasteiger partial charge < -0.3 is 20.4 Å². The summed E-state index contributed by atoms with van der Waals surface area (Å²) in [6, 6.07) is 23.5. The van der Waals surface area contributed by atoms with Gasteiger partial charge in [-0.3, -0.25) is 4.79 Å². The van der Waals surface area contributed by atoms with Crippen LogP contribution in [0.15, 0.2) is 72.8 Å². The van der Waals surface area contributed by atoms with Crippen molar-refractivity contribution in [2.75, 3.05) is 18.5 Å². The molecule has 4 rings (SSSR count). The van der Waals surface area contributed by atoms with E-state index in [1.807, 2.05) is 79.7 Å². The Labute approximate surface area is 181 Å². The van der Waals surface area contributed by atoms with Crippen LogP contribution in [0.1, 0.15) is 17.0 Å². The van der Waals surface area contributed by atoms with E-state index in [0.717, 1.165) is 46.6 Å². The van der Waals surface area contributed by atoms with Crippen LogP contribution < -0.4 is 15.4 Å². The smallest absolute Gasteiger partial charge is 0.262 e. The summed E-state index contributed by atoms with van der Waals surface area (Å²) in [6.07, 6.45) is 0.802. The largest absolute Gasteiger partial charge is 0.483 e. The normalized spacial score (nSPS) is 10.9. The fourth-order valence-corrected chi connectivity index (χ4v) is 3.32. The van der Waals surface area contributed by atoms with Crippen molar-refractivity contribution >= 4 is 22.6 Å². The van der Waals surface area contributed by atoms with Crippen LogP contribution in [-0.2, 0) is 17.8 Å². The summed E-state index contributed by atoms with van der Waals surface area (Å²) in [4.78, 5) is 20.2. The van der Waals surface area contributed by atoms with Crippen molar-refractivity contribution in [3.8, 4) is 5.75 Å². The number of anilines is 1. The molecule has 1 aromatic heterocycles. The molecule has 0 fully saturated rings. The topological polar surface area (TPSA) is 79.0 Å². The van der Waals surface area contributed by atoms with Gasteiger partial charge in [0.1, 0.15) is 11.6 Å². The molecule has 0 aliphatic rings. The molecule has 31 heavy (non-hydrogen) atoms. The van der Waals surface area contributed by atoms with Crippen molar-refractivity contribution in [1.29, 1.82) is 0 Å². The predicted molar refractivity (Wildman–Crippen MR) is 123 cm³/mol. The Morgan fingerprint density at radius 2 is 1.77 bits per heavy atom. The highest BCUT2D eigenvalue weighted by Gasteiger charge is 2.08. The van der Waals surface area contributed by atoms with Gasteiger partial charge in [-0.05, 0) is 37.3 Å². The zero-order valence-electron chi connectivity index (χ0n) is 17.5. The number of carbonyl (C=O) groups excluding carboxylic acids is 1. The molecule has 0 aliphatic heterocycles. The molecule has 1 heterocycles. The molecule has 6 nitrogen and oxygen atoms in total. The van der Waals surface area contributed by atoms with Gasteiger partial charge in [0.2, 0.25) is 0 Å². The molecule has 0 radical (unpaired) electrons. The van der Waals surface area contributed by atoms with Crippen LogP contribution in [0.2, 0.25) is 0 Å². The van der Waals surface area contributed by atoms with E-state index >= 15 is 0 Å². The van der Waals surface area contributed by atoms with Crippen LogP contribution in [0.4, 0.5) is 5.69 Å². The lowest BCUT2D eigenvalue weighted by Crippen LogP contribution is -2.21. The summed E-state index contributed by atoms with van der Waals surface area (Å²) in [7, 11) is 0. The van der Waals surface area contributed by atoms with Crippen LogP contribution in [0.25, 0.3) is 11.0 Å². The van der Waals surface area contributed by atoms with Crippen molar-refractivity contribution in [3.63, 3.8) is 0 Å². The first-order valence-corrected chi connectivity index (χ1v) is 10.4. The Morgan fingerprint density at radius 1 is 1.00 bits per heavy atom. The summed E-state index contributed by atoms with van der Waals surface area (Å²) in [5, 5.41) is 6.28. The van der Waals surface area contributed by atoms with E-state index in [-0.39, 0.29) is 12.5 Å². The third-order valence-electron chi connectivity index (χ3n) is 4.96. The molecule has 1 amide bonds. The number of nitrogens with one attached hydrogen (secondary N) is 3. The van der Waals surface area contributed by atoms with Crippen molar-refractivity contribution < 1.29 is 9.53 Å². The maximum absolute atomic E-state index is 12.2. The van der Waals surface area contributed by atoms with Crippen LogP contribution >= 0.6 is 0 Å². The number of imidazole rings is 1. The number of ether oxygens (including phenoxy) is 1. The van der Waals surface area contributed by atoms with Gasteiger partial charge in [0.15, 0.2) is 6.61 Å². The number of benzene rings is 3. The minimum Gasteiger partial charge on any atom is -0.483 e. The van der Waals surface area contributed by atoms with Gasteiger partial charge in [0.05, 0.1) is 11.0 Å². The Bertz CT molecular complexity index is 1120. The number of amides is 1. The van der Waals surface area contributed by atoms with Gasteiger partial charge in [0, 0.05) is 30.8 Å². The minimum atomic E-state index is -0.184. The highest BCUT2D eigenvalue weighted by atomic mass is 16.5. The van der Waals surface area contributed by atoms with Gasteiger partial charge in [-0.15, -0.1) is 0 Å². The molecule has 0 unspecified atom stereocenters. The second kappa shape index (κ2) is 9.91. The van der Waals surface area contributed by atoms with Gasteiger partial charge in [0.25, 0.3) is 5.91 Å². The number of para-hydroxylation sites is 3. The molecule has 6 heteroatoms. The van der Waals surface area contributed by atoms with Gasteiger partial charge in [-0.2, -0.15) is 0 Å². The van der Waals surface area contributed by atoms with E-state index < -0.39 is 0 Å². The van der Waals surface area contributed by atoms with Crippen molar-refractivity contribution in [2.24, 2.45) is 0 Å². The predicted octanol–water partition coefficient (Wildman–Crippen LogP) is 4.22. The average molecular weight is 415 g/mol. The lowest BCUT2D eigenvalue weighted by Gasteiger charge is -2.12. The van der Waals surface area contributed by atoms with Gasteiger partial charge >= 0.3 is 0 Å². The Balaban J connectivity index is 1.25. The number of fused-ring (bicyclic) bond motifs is 1. The summed E-state index contributed by atoms with van der Waals surface area (Å²) in [5.41, 5.74) is 4.96. The number of carbonyl (C=O) groups is 1. The number of hydrogen-bond acceptors (Lipinski definition) is 4. The van der Waals surface area contributed by atoms with E-state index in [0.29, 0.717) is 12.3 Å². The number of aromatic nitrogens is 2. The summed E-state index contributed by atoms with van der Waals surface area (Å²) in [5.74, 6) is 1.49. The van der Waals surface area contributed by atoms with E-state index in [1.165, 1.54) is 0 Å². The molecule has 0 bridgehead atoms. The number of aromatic amines is 1. The zero-order valence-corrected chi connectivity index (χ0v) is 17.5. The maximum Gasteiger partial charge on any atom is 0.262 e. The maximum atomic E-state index is 12.2. The average Bonchev–Trinajstić information content (AvgIpc) is 3.20. The SMILES string of the molecule is Cc1ccc(NC(=O)COc2ccccc2CNCCc2nc3ccccc3[nH]2)cc1. The number of H-pyrrole nitrogens is 1. The second-order valence-electron chi connectivity index (χ2n) is 7.44. The lowest BCUT2D eigenvalue weighted by molar-refractivity contribution is -0.118. The highest BCUT2D eigenvalue weighted by molar-refractivity contribution is 5.91. The van der Waals surface area contributed by atoms with Gasteiger partial charge in [-0.25, -0.2) is 4.98 Å². The summed E-state index contributed by atoms with van der Waals surface area (Å²) >= 11 is 0. The first-order valence-electron chi connectivity index (χ1n) is 10.4. The minimum absolute atomic E-state index is 0.0378. The third kappa shape index (κ3) is 5.71. The third-order valence-corrected chi connectivity index (χ3v) is 4.96. The Hall–Kier alpha value is -3.64. The molecule has 4 aromatic rings. The second-order valence-corrected chi connectivity index (χ2v) is 7.44. The monoisotopic (exact) mass is 414 g/mol. The molecule has 0 saturated carbocycles. The summed E-state index contributed by atoms with van der Waals surface area (Å²) in [6.45, 7) is 3.40. The molecule has 0 atom stereocenters. The van der Waals surface area contributed by atoms with E-state index in [4.69, 9.17) is 4.74 Å². The van der Waals surface area contributed by atoms with Crippen LogP contribution in [-0.4, -0.2) is 29.0 Å². The molecular weight excluding hydrogens is 388 g/mol. The molecular formula is C25H26N4O2. The first-order chi connectivity index (χ1) is 15.2. The zero-order chi connectivity index (χ0) is 21.5. The summed E-state index contributed by atoms with van der Waals surface area (Å²) < 4.78 is 5.78. The van der Waals surface area contributed by atoms with E-state index in [9.17, 15) is 4.79 Å². The molecule has 0 aliphatic carbocycles. The van der Waals surface area contributed by atoms with Crippen LogP contribution in [0.5, 0.6) is 5.75 Å². The Morgan fingerprint density at radius 3 is 2.61 bits per heavy atom. The molecule has 0 spiro atoms. The quantitative estimate of drug-likeness (QED) is 0.358. The number of rotatable bonds is 9. The standard InChI is InChI=1S/C25H26N4O2/c1-18-10-12-20(13-11-18)27-25(30)17-31-23-9-5-2-6-19(23)16-26-15-14-24-28-21-7-3-4-8-22(21)29-24/h2-13,26H,14-17H2,1H3,(H,27,30)(H,28,29). The fourth-order valence-electron chi connectivity index (χ4n) is 3.32. The van der Waals surface area contributed by atoms with Crippen molar-refractivity contribution in [1.82, 2.24) is 15.3 Å². The fraction of sp³-hybridized carbons (Fsp3) is 0.200.